The van der Waals surface area contributed by atoms with E-state index in [9.17, 15) is 36.2 Å². The van der Waals surface area contributed by atoms with Crippen LogP contribution in [0.15, 0.2) is 0 Å². The molecule has 0 saturated carbocycles. The third-order valence-electron chi connectivity index (χ3n) is 3.29. The molecule has 132 valence electrons. The van der Waals surface area contributed by atoms with E-state index in [0.29, 0.717) is 0 Å². The maximum atomic E-state index is 12.9. The number of aliphatic hydroxyl groups is 1. The fraction of sp³-hybridized carbons (Fsp3) is 0.923. The van der Waals surface area contributed by atoms with E-state index in [1.165, 1.54) is 27.7 Å². The average molecular weight is 338 g/mol. The zero-order valence-corrected chi connectivity index (χ0v) is 12.7. The fourth-order valence-corrected chi connectivity index (χ4v) is 1.68. The van der Waals surface area contributed by atoms with Gasteiger partial charge in [-0.05, 0) is 18.8 Å². The van der Waals surface area contributed by atoms with Crippen LogP contribution in [0.3, 0.4) is 0 Å². The molecule has 0 radical (unpaired) electrons. The minimum absolute atomic E-state index is 0.184. The molecule has 1 N–H and O–H groups in total. The minimum atomic E-state index is -6.03. The molecule has 0 aliphatic heterocycles. The number of carbonyl (C=O) groups is 1. The number of halogens is 6. The number of carbonyl (C=O) groups excluding carboxylic acids is 1. The predicted octanol–water partition coefficient (Wildman–Crippen LogP) is 3.85. The first-order valence-corrected chi connectivity index (χ1v) is 6.74. The lowest BCUT2D eigenvalue weighted by Crippen LogP contribution is -2.65. The average Bonchev–Trinajstić information content (AvgIpc) is 2.32. The largest absolute Gasteiger partial charge is 0.458 e. The molecule has 2 unspecified atom stereocenters. The summed E-state index contributed by atoms with van der Waals surface area (Å²) in [6, 6.07) is 0. The van der Waals surface area contributed by atoms with Gasteiger partial charge in [0.15, 0.2) is 0 Å². The first-order chi connectivity index (χ1) is 9.68. The summed E-state index contributed by atoms with van der Waals surface area (Å²) in [6.07, 6.45) is -15.4. The van der Waals surface area contributed by atoms with Gasteiger partial charge in [0.1, 0.15) is 6.10 Å². The lowest BCUT2D eigenvalue weighted by Gasteiger charge is -2.39. The molecule has 0 fully saturated rings. The zero-order valence-electron chi connectivity index (χ0n) is 12.7. The highest BCUT2D eigenvalue weighted by Gasteiger charge is 2.75. The van der Waals surface area contributed by atoms with Gasteiger partial charge in [0.05, 0.1) is 5.92 Å². The van der Waals surface area contributed by atoms with Gasteiger partial charge < -0.3 is 9.84 Å². The zero-order chi connectivity index (χ0) is 17.9. The van der Waals surface area contributed by atoms with E-state index in [2.05, 4.69) is 4.74 Å². The van der Waals surface area contributed by atoms with Gasteiger partial charge in [-0.15, -0.1) is 0 Å². The summed E-state index contributed by atoms with van der Waals surface area (Å²) in [5.74, 6) is -2.74. The second kappa shape index (κ2) is 7.06. The topological polar surface area (TPSA) is 46.5 Å². The highest BCUT2D eigenvalue weighted by Crippen LogP contribution is 2.47. The number of hydrogen-bond acceptors (Lipinski definition) is 3. The van der Waals surface area contributed by atoms with Gasteiger partial charge in [-0.2, -0.15) is 26.3 Å². The summed E-state index contributed by atoms with van der Waals surface area (Å²) in [6.45, 7) is 5.56. The van der Waals surface area contributed by atoms with E-state index < -0.39 is 48.3 Å². The molecule has 0 saturated heterocycles. The third kappa shape index (κ3) is 4.50. The first-order valence-electron chi connectivity index (χ1n) is 6.74. The summed E-state index contributed by atoms with van der Waals surface area (Å²) in [7, 11) is 0. The molecule has 2 atom stereocenters. The van der Waals surface area contributed by atoms with Crippen LogP contribution in [-0.2, 0) is 9.53 Å². The standard InChI is InChI=1S/C13H20F6O3/c1-5-8(4)10(20)22-9(6-7(2)3)11(21,12(14,15)16)13(17,18)19/h7-9,21H,5-6H2,1-4H3. The monoisotopic (exact) mass is 338 g/mol. The van der Waals surface area contributed by atoms with E-state index in [1.807, 2.05) is 0 Å². The van der Waals surface area contributed by atoms with Crippen LogP contribution in [0.25, 0.3) is 0 Å². The molecule has 0 spiro atoms. The van der Waals surface area contributed by atoms with Crippen LogP contribution >= 0.6 is 0 Å². The molecule has 0 aromatic carbocycles. The number of hydrogen-bond donors (Lipinski definition) is 1. The first kappa shape index (κ1) is 21.0. The Bertz CT molecular complexity index is 361. The smallest absolute Gasteiger partial charge is 0.430 e. The molecule has 0 aromatic rings. The van der Waals surface area contributed by atoms with Crippen molar-refractivity contribution in [3.05, 3.63) is 0 Å². The molecule has 0 heterocycles. The van der Waals surface area contributed by atoms with Crippen LogP contribution in [0, 0.1) is 11.8 Å². The molecular formula is C13H20F6O3. The van der Waals surface area contributed by atoms with E-state index >= 15 is 0 Å². The van der Waals surface area contributed by atoms with Crippen molar-refractivity contribution in [1.82, 2.24) is 0 Å². The molecule has 0 aliphatic carbocycles. The van der Waals surface area contributed by atoms with Gasteiger partial charge in [0, 0.05) is 0 Å². The second-order valence-electron chi connectivity index (χ2n) is 5.63. The SMILES string of the molecule is CCC(C)C(=O)OC(CC(C)C)C(O)(C(F)(F)F)C(F)(F)F. The number of esters is 1. The Balaban J connectivity index is 5.76. The van der Waals surface area contributed by atoms with Crippen molar-refractivity contribution in [3.63, 3.8) is 0 Å². The lowest BCUT2D eigenvalue weighted by molar-refractivity contribution is -0.392. The summed E-state index contributed by atoms with van der Waals surface area (Å²) >= 11 is 0. The molecule has 0 amide bonds. The van der Waals surface area contributed by atoms with E-state index in [0.717, 1.165) is 0 Å². The Morgan fingerprint density at radius 1 is 1.05 bits per heavy atom. The highest BCUT2D eigenvalue weighted by atomic mass is 19.4. The van der Waals surface area contributed by atoms with Gasteiger partial charge in [-0.3, -0.25) is 4.79 Å². The molecule has 0 rings (SSSR count). The Morgan fingerprint density at radius 2 is 1.45 bits per heavy atom. The van der Waals surface area contributed by atoms with Gasteiger partial charge in [0.25, 0.3) is 5.60 Å². The molecule has 22 heavy (non-hydrogen) atoms. The molecule has 0 aromatic heterocycles. The van der Waals surface area contributed by atoms with Crippen LogP contribution in [0.2, 0.25) is 0 Å². The maximum Gasteiger partial charge on any atom is 0.430 e. The summed E-state index contributed by atoms with van der Waals surface area (Å²) in [5, 5.41) is 9.37. The van der Waals surface area contributed by atoms with Crippen molar-refractivity contribution in [2.75, 3.05) is 0 Å². The molecule has 3 nitrogen and oxygen atoms in total. The molecule has 9 heteroatoms. The van der Waals surface area contributed by atoms with Crippen LogP contribution < -0.4 is 0 Å². The number of rotatable bonds is 6. The predicted molar refractivity (Wildman–Crippen MR) is 65.8 cm³/mol. The Kier molecular flexibility index (Phi) is 6.74. The number of alkyl halides is 6. The van der Waals surface area contributed by atoms with Crippen molar-refractivity contribution in [2.45, 2.75) is 64.6 Å². The van der Waals surface area contributed by atoms with Crippen LogP contribution in [0.4, 0.5) is 26.3 Å². The van der Waals surface area contributed by atoms with Crippen LogP contribution in [0.1, 0.15) is 40.5 Å². The minimum Gasteiger partial charge on any atom is -0.458 e. The Morgan fingerprint density at radius 3 is 1.73 bits per heavy atom. The van der Waals surface area contributed by atoms with E-state index in [4.69, 9.17) is 0 Å². The summed E-state index contributed by atoms with van der Waals surface area (Å²) < 4.78 is 81.6. The van der Waals surface area contributed by atoms with Gasteiger partial charge >= 0.3 is 18.3 Å². The quantitative estimate of drug-likeness (QED) is 0.591. The summed E-state index contributed by atoms with van der Waals surface area (Å²) in [4.78, 5) is 11.6. The van der Waals surface area contributed by atoms with Gasteiger partial charge in [0.2, 0.25) is 0 Å². The van der Waals surface area contributed by atoms with Crippen molar-refractivity contribution in [2.24, 2.45) is 11.8 Å². The Labute approximate surface area is 124 Å². The molecule has 0 aliphatic rings. The van der Waals surface area contributed by atoms with E-state index in [-0.39, 0.29) is 6.42 Å². The highest BCUT2D eigenvalue weighted by molar-refractivity contribution is 5.72. The molecule has 0 bridgehead atoms. The molecular weight excluding hydrogens is 318 g/mol. The van der Waals surface area contributed by atoms with Crippen LogP contribution in [0.5, 0.6) is 0 Å². The van der Waals surface area contributed by atoms with Crippen molar-refractivity contribution >= 4 is 5.97 Å². The Hall–Kier alpha value is -0.990. The normalized spacial score (nSPS) is 16.5. The lowest BCUT2D eigenvalue weighted by atomic mass is 9.88. The summed E-state index contributed by atoms with van der Waals surface area (Å²) in [5.41, 5.74) is -5.10. The number of ether oxygens (including phenoxy) is 1. The fourth-order valence-electron chi connectivity index (χ4n) is 1.68. The van der Waals surface area contributed by atoms with Crippen molar-refractivity contribution in [1.29, 1.82) is 0 Å². The van der Waals surface area contributed by atoms with E-state index in [1.54, 1.807) is 0 Å². The van der Waals surface area contributed by atoms with Crippen molar-refractivity contribution < 1.29 is 41.0 Å². The maximum absolute atomic E-state index is 12.9. The van der Waals surface area contributed by atoms with Crippen LogP contribution in [-0.4, -0.2) is 35.1 Å². The third-order valence-corrected chi connectivity index (χ3v) is 3.29. The van der Waals surface area contributed by atoms with Gasteiger partial charge in [-0.1, -0.05) is 27.7 Å². The van der Waals surface area contributed by atoms with Crippen molar-refractivity contribution in [3.8, 4) is 0 Å². The van der Waals surface area contributed by atoms with Gasteiger partial charge in [-0.25, -0.2) is 0 Å². The second-order valence-corrected chi connectivity index (χ2v) is 5.63.